The molecule has 11 heavy (non-hydrogen) atoms. The van der Waals surface area contributed by atoms with Crippen molar-refractivity contribution in [2.45, 2.75) is 39.3 Å². The van der Waals surface area contributed by atoms with Crippen LogP contribution in [-0.2, 0) is 0 Å². The predicted octanol–water partition coefficient (Wildman–Crippen LogP) is -3.52. The molecular weight excluding hydrogens is 188 g/mol. The van der Waals surface area contributed by atoms with Crippen LogP contribution in [0, 0.1) is 0 Å². The molecule has 0 saturated carbocycles. The monoisotopic (exact) mass is 209 g/mol. The summed E-state index contributed by atoms with van der Waals surface area (Å²) in [7, 11) is -1.96. The van der Waals surface area contributed by atoms with Crippen molar-refractivity contribution in [1.82, 2.24) is 4.65 Å². The molecule has 0 saturated heterocycles. The van der Waals surface area contributed by atoms with Crippen molar-refractivity contribution in [2.24, 2.45) is 0 Å². The van der Waals surface area contributed by atoms with Crippen LogP contribution in [0.15, 0.2) is 0 Å². The Kier molecular flexibility index (Phi) is 12.2. The van der Waals surface area contributed by atoms with E-state index in [4.69, 9.17) is 0 Å². The van der Waals surface area contributed by atoms with Crippen molar-refractivity contribution in [2.75, 3.05) is 0 Å². The average molecular weight is 209 g/mol. The fourth-order valence-electron chi connectivity index (χ4n) is 1.12. The van der Waals surface area contributed by atoms with E-state index in [9.17, 15) is 0 Å². The third-order valence-electron chi connectivity index (χ3n) is 0.750. The Labute approximate surface area is 131 Å². The maximum Gasteiger partial charge on any atom is 1.00 e. The second-order valence-corrected chi connectivity index (χ2v) is 14.6. The Balaban J connectivity index is -0.0000000533. The molecule has 0 atom stereocenters. The smallest absolute Gasteiger partial charge is 1.00 e. The Bertz CT molecular complexity index is 93.8. The van der Waals surface area contributed by atoms with Crippen LogP contribution in [0.25, 0.3) is 0 Å². The largest absolute Gasteiger partial charge is 1.00 e. The Hall–Kier alpha value is 2.63. The van der Waals surface area contributed by atoms with Gasteiger partial charge in [0.15, 0.2) is 0 Å². The molecule has 0 bridgehead atoms. The molecule has 0 aliphatic heterocycles. The quantitative estimate of drug-likeness (QED) is 0.465. The molecule has 0 rings (SSSR count). The summed E-state index contributed by atoms with van der Waals surface area (Å²) in [6.07, 6.45) is 0. The summed E-state index contributed by atoms with van der Waals surface area (Å²) in [5, 5.41) is 0. The van der Waals surface area contributed by atoms with Gasteiger partial charge in [-0.2, -0.15) is 0 Å². The summed E-state index contributed by atoms with van der Waals surface area (Å²) in [5.41, 5.74) is 0. The molecule has 1 N–H and O–H groups in total. The zero-order valence-corrected chi connectivity index (χ0v) is 14.6. The van der Waals surface area contributed by atoms with Gasteiger partial charge in [0.2, 0.25) is 0 Å². The molecule has 0 aromatic rings. The summed E-state index contributed by atoms with van der Waals surface area (Å²) in [4.78, 5) is 0. The molecule has 0 heterocycles. The minimum Gasteiger partial charge on any atom is -1.00 e. The number of hydrogen-bond donors (Lipinski definition) is 1. The Morgan fingerprint density at radius 1 is 0.818 bits per heavy atom. The average Bonchev–Trinajstić information content (AvgIpc) is 1.14. The predicted molar refractivity (Wildman–Crippen MR) is 52.1 cm³/mol. The first kappa shape index (κ1) is 19.2. The van der Waals surface area contributed by atoms with Crippen LogP contribution in [0.1, 0.15) is 2.85 Å². The maximum absolute atomic E-state index is 3.74. The van der Waals surface area contributed by atoms with Gasteiger partial charge in [0.1, 0.15) is 16.5 Å². The van der Waals surface area contributed by atoms with Gasteiger partial charge >= 0.3 is 70.2 Å². The zero-order valence-electron chi connectivity index (χ0n) is 11.5. The topological polar surface area (TPSA) is 12.0 Å². The second kappa shape index (κ2) is 6.99. The van der Waals surface area contributed by atoms with E-state index >= 15 is 0 Å². The van der Waals surface area contributed by atoms with E-state index in [2.05, 4.69) is 43.9 Å². The molecule has 0 radical (unpaired) electrons. The van der Waals surface area contributed by atoms with Crippen LogP contribution in [-0.4, -0.2) is 16.5 Å². The molecule has 5 heteroatoms. The minimum absolute atomic E-state index is 0. The molecular formula is C6H21KLiNSi2. The van der Waals surface area contributed by atoms with E-state index in [0.29, 0.717) is 0 Å². The summed E-state index contributed by atoms with van der Waals surface area (Å²) in [6, 6.07) is 0. The van der Waals surface area contributed by atoms with Gasteiger partial charge in [-0.3, -0.25) is 0 Å². The van der Waals surface area contributed by atoms with Crippen molar-refractivity contribution in [3.05, 3.63) is 0 Å². The van der Waals surface area contributed by atoms with Crippen LogP contribution in [0.3, 0.4) is 0 Å². The summed E-state index contributed by atoms with van der Waals surface area (Å²) >= 11 is 0. The molecule has 0 unspecified atom stereocenters. The van der Waals surface area contributed by atoms with Gasteiger partial charge in [0.25, 0.3) is 0 Å². The van der Waals surface area contributed by atoms with Crippen LogP contribution in [0.4, 0.5) is 0 Å². The second-order valence-electron chi connectivity index (χ2n) is 4.62. The van der Waals surface area contributed by atoms with Gasteiger partial charge in [0, 0.05) is 0 Å². The van der Waals surface area contributed by atoms with E-state index < -0.39 is 16.5 Å². The number of rotatable bonds is 2. The standard InChI is InChI=1S/C6H19NSi2.K.Li.2H/c1-8(2,3)7-9(4,5)6;;;;/h7H,1-6H3;;;;/q;2*+1;2*-1. The first-order valence-corrected chi connectivity index (χ1v) is 10.5. The van der Waals surface area contributed by atoms with E-state index in [1.807, 2.05) is 0 Å². The molecule has 0 aliphatic rings. The van der Waals surface area contributed by atoms with Gasteiger partial charge in [0.05, 0.1) is 0 Å². The van der Waals surface area contributed by atoms with Crippen LogP contribution >= 0.6 is 0 Å². The molecule has 0 aromatic heterocycles. The Morgan fingerprint density at radius 3 is 1.00 bits per heavy atom. The van der Waals surface area contributed by atoms with Crippen LogP contribution < -0.4 is 74.9 Å². The summed E-state index contributed by atoms with van der Waals surface area (Å²) < 4.78 is 3.74. The van der Waals surface area contributed by atoms with E-state index in [-0.39, 0.29) is 73.1 Å². The molecule has 0 fully saturated rings. The van der Waals surface area contributed by atoms with E-state index in [1.54, 1.807) is 0 Å². The molecule has 0 spiro atoms. The van der Waals surface area contributed by atoms with Gasteiger partial charge in [-0.05, 0) is 0 Å². The first-order chi connectivity index (χ1) is 3.71. The third-order valence-corrected chi connectivity index (χ3v) is 6.75. The molecule has 0 amide bonds. The molecule has 0 aliphatic carbocycles. The molecule has 60 valence electrons. The van der Waals surface area contributed by atoms with Crippen molar-refractivity contribution in [3.8, 4) is 0 Å². The first-order valence-electron chi connectivity index (χ1n) is 3.50. The summed E-state index contributed by atoms with van der Waals surface area (Å²) in [6.45, 7) is 14.1. The maximum atomic E-state index is 3.74. The SMILES string of the molecule is C[Si](C)(C)N[Si](C)(C)C.[H-].[H-].[K+].[Li+]. The van der Waals surface area contributed by atoms with Gasteiger partial charge in [-0.1, -0.05) is 39.3 Å². The van der Waals surface area contributed by atoms with Crippen LogP contribution in [0.2, 0.25) is 39.3 Å². The van der Waals surface area contributed by atoms with Gasteiger partial charge < -0.3 is 7.50 Å². The molecule has 1 nitrogen and oxygen atoms in total. The fourth-order valence-corrected chi connectivity index (χ4v) is 10.1. The molecule has 0 aromatic carbocycles. The third kappa shape index (κ3) is 19.2. The number of hydrogen-bond acceptors (Lipinski definition) is 1. The zero-order chi connectivity index (χ0) is 7.71. The van der Waals surface area contributed by atoms with Crippen LogP contribution in [0.5, 0.6) is 0 Å². The Morgan fingerprint density at radius 2 is 1.00 bits per heavy atom. The van der Waals surface area contributed by atoms with E-state index in [1.165, 1.54) is 0 Å². The fraction of sp³-hybridized carbons (Fsp3) is 1.00. The van der Waals surface area contributed by atoms with Crippen molar-refractivity contribution < 1.29 is 73.1 Å². The van der Waals surface area contributed by atoms with Crippen molar-refractivity contribution in [1.29, 1.82) is 0 Å². The van der Waals surface area contributed by atoms with Gasteiger partial charge in [-0.25, -0.2) is 0 Å². The van der Waals surface area contributed by atoms with E-state index in [0.717, 1.165) is 0 Å². The number of nitrogens with one attached hydrogen (secondary N) is 1. The summed E-state index contributed by atoms with van der Waals surface area (Å²) in [5.74, 6) is 0. The van der Waals surface area contributed by atoms with Gasteiger partial charge in [-0.15, -0.1) is 0 Å². The van der Waals surface area contributed by atoms with Crippen molar-refractivity contribution in [3.63, 3.8) is 0 Å². The normalized spacial score (nSPS) is 11.5. The van der Waals surface area contributed by atoms with Crippen molar-refractivity contribution >= 4 is 16.5 Å². The minimum atomic E-state index is -0.981.